The van der Waals surface area contributed by atoms with Gasteiger partial charge in [-0.3, -0.25) is 19.3 Å². The minimum Gasteiger partial charge on any atom is -0.493 e. The van der Waals surface area contributed by atoms with E-state index < -0.39 is 29.6 Å². The fourth-order valence-electron chi connectivity index (χ4n) is 2.93. The third-order valence-electron chi connectivity index (χ3n) is 4.39. The lowest BCUT2D eigenvalue weighted by Gasteiger charge is -2.14. The molecule has 8 nitrogen and oxygen atoms in total. The van der Waals surface area contributed by atoms with Crippen LogP contribution in [0.1, 0.15) is 29.8 Å². The fraction of sp³-hybridized carbons (Fsp3) is 0.217. The second kappa shape index (κ2) is 10.9. The van der Waals surface area contributed by atoms with Gasteiger partial charge in [-0.2, -0.15) is 0 Å². The molecule has 2 aromatic carbocycles. The van der Waals surface area contributed by atoms with E-state index in [0.717, 1.165) is 4.90 Å². The molecule has 1 aliphatic heterocycles. The van der Waals surface area contributed by atoms with E-state index in [9.17, 15) is 19.2 Å². The Morgan fingerprint density at radius 1 is 1.15 bits per heavy atom. The third-order valence-corrected chi connectivity index (χ3v) is 5.84. The molecule has 1 heterocycles. The maximum Gasteiger partial charge on any atom is 0.345 e. The molecule has 1 fully saturated rings. The number of rotatable bonds is 7. The average Bonchev–Trinajstić information content (AvgIpc) is 3.01. The Bertz CT molecular complexity index is 1200. The van der Waals surface area contributed by atoms with Crippen molar-refractivity contribution in [2.45, 2.75) is 20.0 Å². The fourth-order valence-corrected chi connectivity index (χ4v) is 4.24. The SMILES string of the molecule is COc1cccc(/C=C2\SC(=O)N(CC(=O)OC(C)C)C2=O)c1OC(=O)c1ccc(Cl)cc1Cl. The molecule has 0 N–H and O–H groups in total. The Balaban J connectivity index is 1.90. The van der Waals surface area contributed by atoms with Gasteiger partial charge in [-0.25, -0.2) is 4.79 Å². The zero-order valence-electron chi connectivity index (χ0n) is 18.3. The number of halogens is 2. The molecule has 0 atom stereocenters. The van der Waals surface area contributed by atoms with Crippen LogP contribution in [0.3, 0.4) is 0 Å². The number of para-hydroxylation sites is 1. The highest BCUT2D eigenvalue weighted by molar-refractivity contribution is 8.18. The van der Waals surface area contributed by atoms with Gasteiger partial charge in [0.2, 0.25) is 0 Å². The topological polar surface area (TPSA) is 99.2 Å². The van der Waals surface area contributed by atoms with Crippen molar-refractivity contribution in [2.75, 3.05) is 13.7 Å². The van der Waals surface area contributed by atoms with Gasteiger partial charge in [0.25, 0.3) is 11.1 Å². The first-order valence-electron chi connectivity index (χ1n) is 9.89. The molecule has 2 amide bonds. The monoisotopic (exact) mass is 523 g/mol. The van der Waals surface area contributed by atoms with E-state index in [4.69, 9.17) is 37.4 Å². The molecule has 11 heteroatoms. The molecular weight excluding hydrogens is 505 g/mol. The van der Waals surface area contributed by atoms with Crippen LogP contribution in [-0.2, 0) is 14.3 Å². The van der Waals surface area contributed by atoms with E-state index >= 15 is 0 Å². The molecule has 0 saturated carbocycles. The van der Waals surface area contributed by atoms with E-state index in [1.165, 1.54) is 31.4 Å². The van der Waals surface area contributed by atoms with Crippen molar-refractivity contribution in [1.82, 2.24) is 4.90 Å². The van der Waals surface area contributed by atoms with E-state index in [2.05, 4.69) is 0 Å². The number of nitrogens with zero attached hydrogens (tertiary/aromatic N) is 1. The van der Waals surface area contributed by atoms with Gasteiger partial charge in [0.15, 0.2) is 11.5 Å². The molecule has 34 heavy (non-hydrogen) atoms. The van der Waals surface area contributed by atoms with E-state index in [0.29, 0.717) is 22.3 Å². The van der Waals surface area contributed by atoms with Crippen LogP contribution in [0, 0.1) is 0 Å². The summed E-state index contributed by atoms with van der Waals surface area (Å²) in [6.07, 6.45) is 0.999. The smallest absolute Gasteiger partial charge is 0.345 e. The van der Waals surface area contributed by atoms with E-state index in [1.54, 1.807) is 32.0 Å². The first kappa shape index (κ1) is 25.6. The Labute approximate surface area is 209 Å². The maximum atomic E-state index is 12.8. The standard InChI is InChI=1S/C23H19Cl2NO7S/c1-12(2)32-19(27)11-26-21(28)18(34-23(26)30)9-13-5-4-6-17(31-3)20(13)33-22(29)15-8-7-14(24)10-16(15)25/h4-10,12H,11H2,1-3H3/b18-9-. The van der Waals surface area contributed by atoms with Gasteiger partial charge >= 0.3 is 11.9 Å². The van der Waals surface area contributed by atoms with Crippen LogP contribution in [0.5, 0.6) is 11.5 Å². The molecule has 0 radical (unpaired) electrons. The van der Waals surface area contributed by atoms with Crippen molar-refractivity contribution in [1.29, 1.82) is 0 Å². The van der Waals surface area contributed by atoms with Gasteiger partial charge in [0.05, 0.1) is 28.7 Å². The van der Waals surface area contributed by atoms with Gasteiger partial charge in [-0.05, 0) is 56.0 Å². The Hall–Kier alpha value is -3.01. The molecule has 3 rings (SSSR count). The van der Waals surface area contributed by atoms with Crippen molar-refractivity contribution in [3.8, 4) is 11.5 Å². The van der Waals surface area contributed by atoms with Crippen LogP contribution in [0.2, 0.25) is 10.0 Å². The van der Waals surface area contributed by atoms with Crippen LogP contribution in [0.25, 0.3) is 6.08 Å². The Kier molecular flexibility index (Phi) is 8.24. The lowest BCUT2D eigenvalue weighted by atomic mass is 10.1. The number of hydrogen-bond donors (Lipinski definition) is 0. The Morgan fingerprint density at radius 2 is 1.88 bits per heavy atom. The normalized spacial score (nSPS) is 14.6. The van der Waals surface area contributed by atoms with Gasteiger partial charge in [-0.15, -0.1) is 0 Å². The molecule has 0 aromatic heterocycles. The zero-order valence-corrected chi connectivity index (χ0v) is 20.6. The lowest BCUT2D eigenvalue weighted by molar-refractivity contribution is -0.149. The summed E-state index contributed by atoms with van der Waals surface area (Å²) in [5.74, 6) is -1.91. The second-order valence-electron chi connectivity index (χ2n) is 7.20. The Morgan fingerprint density at radius 3 is 2.53 bits per heavy atom. The summed E-state index contributed by atoms with van der Waals surface area (Å²) in [6.45, 7) is 2.82. The van der Waals surface area contributed by atoms with Crippen LogP contribution in [-0.4, -0.2) is 47.7 Å². The largest absolute Gasteiger partial charge is 0.493 e. The molecule has 2 aromatic rings. The van der Waals surface area contributed by atoms with Crippen molar-refractivity contribution < 1.29 is 33.4 Å². The summed E-state index contributed by atoms with van der Waals surface area (Å²) in [7, 11) is 1.39. The molecular formula is C23H19Cl2NO7S. The summed E-state index contributed by atoms with van der Waals surface area (Å²) in [5.41, 5.74) is 0.375. The first-order chi connectivity index (χ1) is 16.1. The van der Waals surface area contributed by atoms with Crippen molar-refractivity contribution in [3.05, 3.63) is 62.5 Å². The van der Waals surface area contributed by atoms with E-state index in [1.807, 2.05) is 0 Å². The molecule has 0 aliphatic carbocycles. The number of thioether (sulfide) groups is 1. The summed E-state index contributed by atoms with van der Waals surface area (Å²) < 4.78 is 15.9. The highest BCUT2D eigenvalue weighted by atomic mass is 35.5. The minimum atomic E-state index is -0.773. The molecule has 1 aliphatic rings. The third kappa shape index (κ3) is 5.91. The number of benzene rings is 2. The van der Waals surface area contributed by atoms with Crippen LogP contribution < -0.4 is 9.47 Å². The quantitative estimate of drug-likeness (QED) is 0.277. The number of ether oxygens (including phenoxy) is 3. The second-order valence-corrected chi connectivity index (χ2v) is 9.04. The first-order valence-corrected chi connectivity index (χ1v) is 11.5. The summed E-state index contributed by atoms with van der Waals surface area (Å²) >= 11 is 12.6. The molecule has 178 valence electrons. The highest BCUT2D eigenvalue weighted by Crippen LogP contribution is 2.38. The number of methoxy groups -OCH3 is 1. The molecule has 0 bridgehead atoms. The van der Waals surface area contributed by atoms with Crippen LogP contribution >= 0.6 is 35.0 Å². The number of carbonyl (C=O) groups excluding carboxylic acids is 4. The van der Waals surface area contributed by atoms with Crippen LogP contribution in [0.4, 0.5) is 4.79 Å². The zero-order chi connectivity index (χ0) is 25.0. The maximum absolute atomic E-state index is 12.8. The van der Waals surface area contributed by atoms with Gasteiger partial charge in [0.1, 0.15) is 6.54 Å². The van der Waals surface area contributed by atoms with Gasteiger partial charge in [-0.1, -0.05) is 35.3 Å². The van der Waals surface area contributed by atoms with Crippen molar-refractivity contribution >= 4 is 64.1 Å². The minimum absolute atomic E-state index is 0.0204. The summed E-state index contributed by atoms with van der Waals surface area (Å²) in [5, 5.41) is -0.165. The molecule has 0 unspecified atom stereocenters. The summed E-state index contributed by atoms with van der Waals surface area (Å²) in [4.78, 5) is 50.6. The number of esters is 2. The number of hydrogen-bond acceptors (Lipinski definition) is 8. The average molecular weight is 524 g/mol. The molecule has 0 spiro atoms. The van der Waals surface area contributed by atoms with Crippen molar-refractivity contribution in [2.24, 2.45) is 0 Å². The lowest BCUT2D eigenvalue weighted by Crippen LogP contribution is -2.35. The van der Waals surface area contributed by atoms with Gasteiger partial charge < -0.3 is 14.2 Å². The number of carbonyl (C=O) groups is 4. The van der Waals surface area contributed by atoms with Crippen molar-refractivity contribution in [3.63, 3.8) is 0 Å². The number of imide groups is 1. The summed E-state index contributed by atoms with van der Waals surface area (Å²) in [6, 6.07) is 9.09. The highest BCUT2D eigenvalue weighted by Gasteiger charge is 2.37. The number of amides is 2. The molecule has 1 saturated heterocycles. The van der Waals surface area contributed by atoms with Gasteiger partial charge in [0, 0.05) is 10.6 Å². The van der Waals surface area contributed by atoms with E-state index in [-0.39, 0.29) is 33.1 Å². The predicted octanol–water partition coefficient (Wildman–Crippen LogP) is 5.21. The van der Waals surface area contributed by atoms with Crippen LogP contribution in [0.15, 0.2) is 41.3 Å². The predicted molar refractivity (Wildman–Crippen MR) is 128 cm³/mol.